The topological polar surface area (TPSA) is 6.48 Å². The van der Waals surface area contributed by atoms with E-state index in [2.05, 4.69) is 149 Å². The summed E-state index contributed by atoms with van der Waals surface area (Å²) in [6, 6.07) is 9.23. The smallest absolute Gasteiger partial charge is 0.118 e. The lowest BCUT2D eigenvalue weighted by Crippen LogP contribution is -2.37. The van der Waals surface area contributed by atoms with E-state index >= 15 is 0 Å². The fraction of sp³-hybridized carbons (Fsp3) is 0.515. The highest BCUT2D eigenvalue weighted by Crippen LogP contribution is 2.68. The zero-order chi connectivity index (χ0) is 27.4. The normalized spacial score (nSPS) is 14.9. The third-order valence-corrected chi connectivity index (χ3v) is 11.0. The van der Waals surface area contributed by atoms with E-state index in [9.17, 15) is 0 Å². The van der Waals surface area contributed by atoms with Crippen LogP contribution in [0.1, 0.15) is 88.8 Å². The quantitative estimate of drug-likeness (QED) is 0.382. The maximum Gasteiger partial charge on any atom is 0.118 e. The second kappa shape index (κ2) is 9.68. The molecule has 0 radical (unpaired) electrons. The van der Waals surface area contributed by atoms with Gasteiger partial charge >= 0.3 is 0 Å². The molecule has 0 N–H and O–H groups in total. The van der Waals surface area contributed by atoms with E-state index in [1.807, 2.05) is 0 Å². The first-order chi connectivity index (χ1) is 16.3. The molecule has 3 rings (SSSR count). The molecule has 0 spiro atoms. The van der Waals surface area contributed by atoms with Gasteiger partial charge in [0, 0.05) is 17.6 Å². The van der Waals surface area contributed by atoms with Crippen LogP contribution in [0, 0.1) is 41.5 Å². The Bertz CT molecular complexity index is 1070. The molecule has 196 valence electrons. The minimum atomic E-state index is -0.377. The van der Waals surface area contributed by atoms with E-state index in [-0.39, 0.29) is 23.4 Å². The molecule has 1 aliphatic heterocycles. The molecule has 1 heterocycles. The average Bonchev–Trinajstić information content (AvgIpc) is 2.99. The van der Waals surface area contributed by atoms with Gasteiger partial charge in [0.1, 0.15) is 5.82 Å². The van der Waals surface area contributed by atoms with Gasteiger partial charge in [0.15, 0.2) is 0 Å². The summed E-state index contributed by atoms with van der Waals surface area (Å²) in [5, 5.41) is 0.463. The molecule has 2 aromatic rings. The molecule has 0 amide bonds. The number of anilines is 2. The van der Waals surface area contributed by atoms with Crippen LogP contribution in [0.4, 0.5) is 11.4 Å². The summed E-state index contributed by atoms with van der Waals surface area (Å²) in [5.41, 5.74) is 10.5. The first-order valence-electron chi connectivity index (χ1n) is 13.3. The van der Waals surface area contributed by atoms with Crippen LogP contribution in [0.15, 0.2) is 48.6 Å². The maximum absolute atomic E-state index is 2.58. The van der Waals surface area contributed by atoms with Crippen molar-refractivity contribution in [3.05, 3.63) is 81.9 Å². The monoisotopic (exact) mass is 504 g/mol. The molecule has 0 saturated heterocycles. The van der Waals surface area contributed by atoms with Crippen molar-refractivity contribution in [1.29, 1.82) is 0 Å². The fourth-order valence-corrected chi connectivity index (χ4v) is 12.9. The number of aryl methyl sites for hydroxylation is 6. The molecule has 2 nitrogen and oxygen atoms in total. The lowest BCUT2D eigenvalue weighted by atomic mass is 10.0. The second-order valence-corrected chi connectivity index (χ2v) is 17.9. The molecule has 0 bridgehead atoms. The third-order valence-electron chi connectivity index (χ3n) is 7.01. The molecule has 3 heteroatoms. The Morgan fingerprint density at radius 2 is 0.861 bits per heavy atom. The van der Waals surface area contributed by atoms with Crippen LogP contribution in [0.3, 0.4) is 0 Å². The third kappa shape index (κ3) is 5.60. The van der Waals surface area contributed by atoms with Gasteiger partial charge in [-0.1, -0.05) is 98.7 Å². The first kappa shape index (κ1) is 28.5. The molecule has 0 aliphatic carbocycles. The highest BCUT2D eigenvalue weighted by atomic mass is 31.1. The summed E-state index contributed by atoms with van der Waals surface area (Å²) in [7, 11) is -0.377. The Morgan fingerprint density at radius 1 is 0.556 bits per heavy atom. The van der Waals surface area contributed by atoms with Gasteiger partial charge in [-0.2, -0.15) is 0 Å². The van der Waals surface area contributed by atoms with Gasteiger partial charge in [0.25, 0.3) is 0 Å². The Labute approximate surface area is 223 Å². The number of hydrogen-bond acceptors (Lipinski definition) is 2. The molecule has 1 aliphatic rings. The summed E-state index contributed by atoms with van der Waals surface area (Å²) in [6.07, 6.45) is 7.11. The van der Waals surface area contributed by atoms with Crippen LogP contribution in [-0.4, -0.2) is 15.5 Å². The molecule has 2 aromatic carbocycles. The lowest BCUT2D eigenvalue weighted by molar-refractivity contribution is 0.664. The van der Waals surface area contributed by atoms with E-state index in [1.54, 1.807) is 0 Å². The summed E-state index contributed by atoms with van der Waals surface area (Å²) in [4.78, 5) is 4.87. The minimum Gasteiger partial charge on any atom is -0.301 e. The molecule has 0 atom stereocenters. The summed E-state index contributed by atoms with van der Waals surface area (Å²) in [6.45, 7) is 32.8. The first-order valence-corrected chi connectivity index (χ1v) is 14.6. The average molecular weight is 505 g/mol. The van der Waals surface area contributed by atoms with Gasteiger partial charge < -0.3 is 9.80 Å². The van der Waals surface area contributed by atoms with Crippen molar-refractivity contribution in [2.24, 2.45) is 0 Å². The molecule has 0 saturated carbocycles. The van der Waals surface area contributed by atoms with Crippen LogP contribution in [0.5, 0.6) is 0 Å². The van der Waals surface area contributed by atoms with Crippen LogP contribution < -0.4 is 9.80 Å². The van der Waals surface area contributed by atoms with E-state index in [4.69, 9.17) is 0 Å². The number of nitrogens with zero attached hydrogens (tertiary/aromatic N) is 2. The van der Waals surface area contributed by atoms with Crippen molar-refractivity contribution in [2.45, 2.75) is 112 Å². The molecule has 36 heavy (non-hydrogen) atoms. The fourth-order valence-electron chi connectivity index (χ4n) is 7.14. The highest BCUT2D eigenvalue weighted by molar-refractivity contribution is 7.62. The standard InChI is InChI=1S/C33H49N2P/c1-22-17-24(3)29(25(4)18-22)34-15-16-35(30-26(5)19-23(2)20-27(30)6)28(34)21-33(13,14)36(31(7,8)9)32(10,11)12/h15-21H,1-14H3. The van der Waals surface area contributed by atoms with Crippen LogP contribution in [0.2, 0.25) is 0 Å². The Kier molecular flexibility index (Phi) is 7.67. The van der Waals surface area contributed by atoms with Crippen LogP contribution in [0.25, 0.3) is 0 Å². The van der Waals surface area contributed by atoms with Crippen molar-refractivity contribution in [2.75, 3.05) is 9.80 Å². The van der Waals surface area contributed by atoms with Crippen molar-refractivity contribution < 1.29 is 0 Å². The number of benzene rings is 2. The largest absolute Gasteiger partial charge is 0.301 e. The zero-order valence-electron chi connectivity index (χ0n) is 25.4. The molecular formula is C33H49N2P. The Morgan fingerprint density at radius 3 is 1.14 bits per heavy atom. The lowest BCUT2D eigenvalue weighted by Gasteiger charge is -2.50. The minimum absolute atomic E-state index is 0.0166. The molecular weight excluding hydrogens is 455 g/mol. The molecule has 0 fully saturated rings. The van der Waals surface area contributed by atoms with Gasteiger partial charge in [0.2, 0.25) is 0 Å². The SMILES string of the molecule is Cc1cc(C)c(N2C=CN(c3c(C)cc(C)cc3C)C2=CC(C)(C)P(C(C)(C)C)C(C)(C)C)c(C)c1. The van der Waals surface area contributed by atoms with Gasteiger partial charge in [-0.3, -0.25) is 0 Å². The van der Waals surface area contributed by atoms with Crippen LogP contribution >= 0.6 is 7.92 Å². The Hall–Kier alpha value is -2.05. The van der Waals surface area contributed by atoms with E-state index in [1.165, 1.54) is 50.6 Å². The summed E-state index contributed by atoms with van der Waals surface area (Å²) >= 11 is 0. The van der Waals surface area contributed by atoms with Crippen molar-refractivity contribution in [3.8, 4) is 0 Å². The van der Waals surface area contributed by atoms with Gasteiger partial charge in [-0.05, 0) is 80.2 Å². The zero-order valence-corrected chi connectivity index (χ0v) is 26.3. The van der Waals surface area contributed by atoms with Gasteiger partial charge in [-0.15, -0.1) is 0 Å². The van der Waals surface area contributed by atoms with E-state index < -0.39 is 0 Å². The highest BCUT2D eigenvalue weighted by Gasteiger charge is 2.44. The van der Waals surface area contributed by atoms with Crippen molar-refractivity contribution in [3.63, 3.8) is 0 Å². The van der Waals surface area contributed by atoms with Gasteiger partial charge in [0.05, 0.1) is 11.4 Å². The van der Waals surface area contributed by atoms with Crippen molar-refractivity contribution >= 4 is 19.3 Å². The van der Waals surface area contributed by atoms with E-state index in [0.717, 1.165) is 0 Å². The maximum atomic E-state index is 2.58. The Balaban J connectivity index is 2.30. The summed E-state index contributed by atoms with van der Waals surface area (Å²) < 4.78 is 0. The predicted molar refractivity (Wildman–Crippen MR) is 164 cm³/mol. The van der Waals surface area contributed by atoms with Gasteiger partial charge in [-0.25, -0.2) is 0 Å². The summed E-state index contributed by atoms with van der Waals surface area (Å²) in [5.74, 6) is 1.24. The second-order valence-electron chi connectivity index (χ2n) is 13.4. The van der Waals surface area contributed by atoms with E-state index in [0.29, 0.717) is 0 Å². The van der Waals surface area contributed by atoms with Crippen LogP contribution in [-0.2, 0) is 0 Å². The number of allylic oxidation sites excluding steroid dienone is 1. The molecule has 0 aromatic heterocycles. The molecule has 0 unspecified atom stereocenters. The van der Waals surface area contributed by atoms with Crippen molar-refractivity contribution in [1.82, 2.24) is 0 Å². The predicted octanol–water partition coefficient (Wildman–Crippen LogP) is 10.0. The number of hydrogen-bond donors (Lipinski definition) is 0. The number of rotatable bonds is 4.